The van der Waals surface area contributed by atoms with Gasteiger partial charge in [0.05, 0.1) is 6.61 Å². The van der Waals surface area contributed by atoms with E-state index in [0.717, 1.165) is 17.8 Å². The predicted molar refractivity (Wildman–Crippen MR) is 60.8 cm³/mol. The molecule has 1 fully saturated rings. The van der Waals surface area contributed by atoms with Crippen molar-refractivity contribution in [3.05, 3.63) is 24.0 Å². The smallest absolute Gasteiger partial charge is 0.0717 e. The van der Waals surface area contributed by atoms with Gasteiger partial charge >= 0.3 is 0 Å². The summed E-state index contributed by atoms with van der Waals surface area (Å²) in [6.07, 6.45) is 7.37. The molecule has 3 nitrogen and oxygen atoms in total. The van der Waals surface area contributed by atoms with Crippen molar-refractivity contribution < 1.29 is 5.11 Å². The fraction of sp³-hybridized carbons (Fsp3) is 0.583. The van der Waals surface area contributed by atoms with Crippen LogP contribution in [0.3, 0.4) is 0 Å². The second-order valence-electron chi connectivity index (χ2n) is 4.20. The largest absolute Gasteiger partial charge is 0.392 e. The molecule has 82 valence electrons. The van der Waals surface area contributed by atoms with Crippen LogP contribution in [0.1, 0.15) is 31.7 Å². The molecule has 1 saturated heterocycles. The van der Waals surface area contributed by atoms with Gasteiger partial charge in [0.15, 0.2) is 0 Å². The Hall–Kier alpha value is -1.09. The van der Waals surface area contributed by atoms with Crippen molar-refractivity contribution in [3.63, 3.8) is 0 Å². The number of hydrogen-bond acceptors (Lipinski definition) is 3. The first-order chi connectivity index (χ1) is 7.33. The standard InChI is InChI=1S/C12H18N2O/c1-10-4-2-3-7-14(10)12-5-6-13-8-11(12)9-15/h5-6,8,10,15H,2-4,7,9H2,1H3. The fourth-order valence-electron chi connectivity index (χ4n) is 2.28. The SMILES string of the molecule is CC1CCCCN1c1ccncc1CO. The highest BCUT2D eigenvalue weighted by atomic mass is 16.3. The number of aliphatic hydroxyl groups excluding tert-OH is 1. The average Bonchev–Trinajstić information content (AvgIpc) is 2.30. The lowest BCUT2D eigenvalue weighted by Gasteiger charge is -2.36. The zero-order valence-electron chi connectivity index (χ0n) is 9.19. The van der Waals surface area contributed by atoms with Gasteiger partial charge in [0.25, 0.3) is 0 Å². The Bertz CT molecular complexity index is 327. The molecule has 1 atom stereocenters. The van der Waals surface area contributed by atoms with Gasteiger partial charge in [0.1, 0.15) is 0 Å². The Morgan fingerprint density at radius 2 is 2.40 bits per heavy atom. The fourth-order valence-corrected chi connectivity index (χ4v) is 2.28. The lowest BCUT2D eigenvalue weighted by Crippen LogP contribution is -2.38. The lowest BCUT2D eigenvalue weighted by atomic mass is 10.0. The molecule has 0 amide bonds. The Balaban J connectivity index is 2.26. The van der Waals surface area contributed by atoms with Crippen LogP contribution in [0.5, 0.6) is 0 Å². The maximum atomic E-state index is 9.27. The summed E-state index contributed by atoms with van der Waals surface area (Å²) < 4.78 is 0. The molecule has 1 N–H and O–H groups in total. The molecule has 1 aliphatic rings. The quantitative estimate of drug-likeness (QED) is 0.803. The Morgan fingerprint density at radius 1 is 1.53 bits per heavy atom. The Labute approximate surface area is 90.8 Å². The van der Waals surface area contributed by atoms with Gasteiger partial charge in [-0.1, -0.05) is 0 Å². The van der Waals surface area contributed by atoms with Gasteiger partial charge in [-0.15, -0.1) is 0 Å². The van der Waals surface area contributed by atoms with E-state index in [9.17, 15) is 5.11 Å². The topological polar surface area (TPSA) is 36.4 Å². The van der Waals surface area contributed by atoms with Gasteiger partial charge in [0, 0.05) is 36.2 Å². The molecule has 0 aliphatic carbocycles. The van der Waals surface area contributed by atoms with Crippen molar-refractivity contribution in [2.45, 2.75) is 38.8 Å². The molecule has 0 aromatic carbocycles. The molecule has 3 heteroatoms. The molecular formula is C12H18N2O. The van der Waals surface area contributed by atoms with Crippen molar-refractivity contribution in [2.75, 3.05) is 11.4 Å². The van der Waals surface area contributed by atoms with E-state index in [1.807, 2.05) is 6.07 Å². The number of rotatable bonds is 2. The molecule has 0 spiro atoms. The number of hydrogen-bond donors (Lipinski definition) is 1. The summed E-state index contributed by atoms with van der Waals surface area (Å²) in [7, 11) is 0. The number of aliphatic hydroxyl groups is 1. The molecule has 0 bridgehead atoms. The van der Waals surface area contributed by atoms with Crippen molar-refractivity contribution in [3.8, 4) is 0 Å². The van der Waals surface area contributed by atoms with Crippen molar-refractivity contribution in [1.82, 2.24) is 4.98 Å². The van der Waals surface area contributed by atoms with E-state index in [1.165, 1.54) is 19.3 Å². The van der Waals surface area contributed by atoms with E-state index >= 15 is 0 Å². The second-order valence-corrected chi connectivity index (χ2v) is 4.20. The van der Waals surface area contributed by atoms with Crippen LogP contribution in [-0.2, 0) is 6.61 Å². The third-order valence-corrected chi connectivity index (χ3v) is 3.16. The van der Waals surface area contributed by atoms with Crippen molar-refractivity contribution in [2.24, 2.45) is 0 Å². The zero-order chi connectivity index (χ0) is 10.7. The highest BCUT2D eigenvalue weighted by Crippen LogP contribution is 2.27. The minimum absolute atomic E-state index is 0.0758. The third kappa shape index (κ3) is 2.12. The van der Waals surface area contributed by atoms with E-state index in [1.54, 1.807) is 12.4 Å². The maximum absolute atomic E-state index is 9.27. The van der Waals surface area contributed by atoms with E-state index in [4.69, 9.17) is 0 Å². The van der Waals surface area contributed by atoms with Crippen molar-refractivity contribution in [1.29, 1.82) is 0 Å². The van der Waals surface area contributed by atoms with Gasteiger partial charge in [-0.05, 0) is 32.3 Å². The number of pyridine rings is 1. The second kappa shape index (κ2) is 4.62. The molecule has 1 aliphatic heterocycles. The van der Waals surface area contributed by atoms with Crippen LogP contribution in [0.4, 0.5) is 5.69 Å². The molecule has 0 saturated carbocycles. The Morgan fingerprint density at radius 3 is 3.13 bits per heavy atom. The molecular weight excluding hydrogens is 188 g/mol. The number of anilines is 1. The summed E-state index contributed by atoms with van der Waals surface area (Å²) in [6, 6.07) is 2.58. The van der Waals surface area contributed by atoms with Crippen LogP contribution in [-0.4, -0.2) is 22.7 Å². The predicted octanol–water partition coefficient (Wildman–Crippen LogP) is 1.95. The summed E-state index contributed by atoms with van der Waals surface area (Å²) in [5.41, 5.74) is 2.09. The monoisotopic (exact) mass is 206 g/mol. The summed E-state index contributed by atoms with van der Waals surface area (Å²) in [5, 5.41) is 9.27. The first-order valence-electron chi connectivity index (χ1n) is 5.63. The van der Waals surface area contributed by atoms with Gasteiger partial charge in [-0.3, -0.25) is 4.98 Å². The number of piperidine rings is 1. The molecule has 1 unspecified atom stereocenters. The molecule has 0 radical (unpaired) electrons. The minimum atomic E-state index is 0.0758. The van der Waals surface area contributed by atoms with Crippen LogP contribution >= 0.6 is 0 Å². The van der Waals surface area contributed by atoms with E-state index in [2.05, 4.69) is 16.8 Å². The first kappa shape index (κ1) is 10.4. The van der Waals surface area contributed by atoms with Crippen LogP contribution in [0.2, 0.25) is 0 Å². The van der Waals surface area contributed by atoms with Gasteiger partial charge in [0.2, 0.25) is 0 Å². The van der Waals surface area contributed by atoms with Crippen LogP contribution < -0.4 is 4.90 Å². The Kier molecular flexibility index (Phi) is 3.21. The summed E-state index contributed by atoms with van der Waals surface area (Å²) in [6.45, 7) is 3.42. The third-order valence-electron chi connectivity index (χ3n) is 3.16. The first-order valence-corrected chi connectivity index (χ1v) is 5.63. The van der Waals surface area contributed by atoms with E-state index < -0.39 is 0 Å². The van der Waals surface area contributed by atoms with Gasteiger partial charge in [-0.25, -0.2) is 0 Å². The summed E-state index contributed by atoms with van der Waals surface area (Å²) in [5.74, 6) is 0. The highest BCUT2D eigenvalue weighted by Gasteiger charge is 2.20. The molecule has 2 rings (SSSR count). The average molecular weight is 206 g/mol. The number of aromatic nitrogens is 1. The maximum Gasteiger partial charge on any atom is 0.0717 e. The molecule has 1 aromatic rings. The van der Waals surface area contributed by atoms with Gasteiger partial charge < -0.3 is 10.0 Å². The van der Waals surface area contributed by atoms with E-state index in [0.29, 0.717) is 6.04 Å². The van der Waals surface area contributed by atoms with E-state index in [-0.39, 0.29) is 6.61 Å². The minimum Gasteiger partial charge on any atom is -0.392 e. The highest BCUT2D eigenvalue weighted by molar-refractivity contribution is 5.53. The number of nitrogens with zero attached hydrogens (tertiary/aromatic N) is 2. The lowest BCUT2D eigenvalue weighted by molar-refractivity contribution is 0.281. The molecule has 1 aromatic heterocycles. The van der Waals surface area contributed by atoms with Crippen LogP contribution in [0.25, 0.3) is 0 Å². The summed E-state index contributed by atoms with van der Waals surface area (Å²) >= 11 is 0. The summed E-state index contributed by atoms with van der Waals surface area (Å²) in [4.78, 5) is 6.44. The normalized spacial score (nSPS) is 21.7. The molecule has 2 heterocycles. The van der Waals surface area contributed by atoms with Gasteiger partial charge in [-0.2, -0.15) is 0 Å². The molecule has 15 heavy (non-hydrogen) atoms. The zero-order valence-corrected chi connectivity index (χ0v) is 9.19. The van der Waals surface area contributed by atoms with Crippen LogP contribution in [0, 0.1) is 0 Å². The van der Waals surface area contributed by atoms with Crippen molar-refractivity contribution >= 4 is 5.69 Å². The van der Waals surface area contributed by atoms with Crippen LogP contribution in [0.15, 0.2) is 18.5 Å².